The predicted octanol–water partition coefficient (Wildman–Crippen LogP) is 1.30. The van der Waals surface area contributed by atoms with E-state index in [2.05, 4.69) is 21.6 Å². The predicted molar refractivity (Wildman–Crippen MR) is 99.8 cm³/mol. The fraction of sp³-hybridized carbons (Fsp3) is 0.700. The lowest BCUT2D eigenvalue weighted by molar-refractivity contribution is -0.0472. The smallest absolute Gasteiger partial charge is 0.123 e. The molecule has 1 aromatic rings. The molecule has 0 amide bonds. The second-order valence-electron chi connectivity index (χ2n) is 8.46. The van der Waals surface area contributed by atoms with Gasteiger partial charge in [0.2, 0.25) is 0 Å². The van der Waals surface area contributed by atoms with Crippen LogP contribution in [0.3, 0.4) is 0 Å². The molecule has 0 bridgehead atoms. The van der Waals surface area contributed by atoms with Crippen molar-refractivity contribution < 1.29 is 14.6 Å². The van der Waals surface area contributed by atoms with Crippen LogP contribution >= 0.6 is 0 Å². The van der Waals surface area contributed by atoms with Crippen LogP contribution in [-0.4, -0.2) is 83.1 Å². The zero-order valence-corrected chi connectivity index (χ0v) is 15.5. The molecule has 4 rings (SSSR count). The Hall–Kier alpha value is -1.21. The largest absolute Gasteiger partial charge is 0.392 e. The molecule has 144 valence electrons. The molecule has 0 aliphatic carbocycles. The highest BCUT2D eigenvalue weighted by molar-refractivity contribution is 5.46. The van der Waals surface area contributed by atoms with Gasteiger partial charge in [-0.2, -0.15) is 0 Å². The first kappa shape index (κ1) is 18.2. The lowest BCUT2D eigenvalue weighted by Gasteiger charge is -2.47. The second kappa shape index (κ2) is 7.08. The standard InChI is InChI=1S/C20H30FN3O2/c1-15-11-23-13-19(25)10-18(23)12-24(15)14-20(26)6-8-22(9-7-20)17-4-2-16(21)3-5-17/h2-5,15,18-19,25-26H,6-14H2,1H3/t15-,18-,19+/m0/s1. The fourth-order valence-electron chi connectivity index (χ4n) is 4.87. The van der Waals surface area contributed by atoms with Gasteiger partial charge in [0.1, 0.15) is 5.82 Å². The highest BCUT2D eigenvalue weighted by Gasteiger charge is 2.41. The highest BCUT2D eigenvalue weighted by Crippen LogP contribution is 2.31. The summed E-state index contributed by atoms with van der Waals surface area (Å²) >= 11 is 0. The molecule has 26 heavy (non-hydrogen) atoms. The molecule has 0 aromatic heterocycles. The summed E-state index contributed by atoms with van der Waals surface area (Å²) in [6, 6.07) is 7.43. The minimum atomic E-state index is -0.663. The Labute approximate surface area is 155 Å². The third-order valence-corrected chi connectivity index (χ3v) is 6.46. The zero-order valence-electron chi connectivity index (χ0n) is 15.5. The molecule has 3 heterocycles. The number of hydrogen-bond donors (Lipinski definition) is 2. The van der Waals surface area contributed by atoms with E-state index >= 15 is 0 Å². The Morgan fingerprint density at radius 1 is 1.12 bits per heavy atom. The second-order valence-corrected chi connectivity index (χ2v) is 8.46. The lowest BCUT2D eigenvalue weighted by Crippen LogP contribution is -2.60. The van der Waals surface area contributed by atoms with Gasteiger partial charge in [-0.15, -0.1) is 0 Å². The van der Waals surface area contributed by atoms with Crippen LogP contribution in [0.2, 0.25) is 0 Å². The van der Waals surface area contributed by atoms with Gasteiger partial charge in [-0.25, -0.2) is 4.39 Å². The summed E-state index contributed by atoms with van der Waals surface area (Å²) < 4.78 is 13.1. The fourth-order valence-corrected chi connectivity index (χ4v) is 4.87. The summed E-state index contributed by atoms with van der Waals surface area (Å²) in [7, 11) is 0. The van der Waals surface area contributed by atoms with Crippen molar-refractivity contribution in [3.63, 3.8) is 0 Å². The number of aliphatic hydroxyl groups is 2. The molecule has 3 saturated heterocycles. The van der Waals surface area contributed by atoms with E-state index < -0.39 is 5.60 Å². The minimum Gasteiger partial charge on any atom is -0.392 e. The van der Waals surface area contributed by atoms with Gasteiger partial charge < -0.3 is 15.1 Å². The van der Waals surface area contributed by atoms with Gasteiger partial charge in [-0.3, -0.25) is 9.80 Å². The van der Waals surface area contributed by atoms with Crippen molar-refractivity contribution in [2.75, 3.05) is 44.2 Å². The molecule has 3 aliphatic rings. The van der Waals surface area contributed by atoms with E-state index in [-0.39, 0.29) is 11.9 Å². The molecule has 2 N–H and O–H groups in total. The molecule has 0 radical (unpaired) electrons. The summed E-state index contributed by atoms with van der Waals surface area (Å²) in [5.41, 5.74) is 0.361. The zero-order chi connectivity index (χ0) is 18.3. The lowest BCUT2D eigenvalue weighted by atomic mass is 9.89. The van der Waals surface area contributed by atoms with Gasteiger partial charge in [0.25, 0.3) is 0 Å². The number of hydrogen-bond acceptors (Lipinski definition) is 5. The molecule has 0 saturated carbocycles. The van der Waals surface area contributed by atoms with Crippen molar-refractivity contribution >= 4 is 5.69 Å². The van der Waals surface area contributed by atoms with Crippen molar-refractivity contribution in [2.24, 2.45) is 0 Å². The van der Waals surface area contributed by atoms with Gasteiger partial charge in [0.05, 0.1) is 11.7 Å². The van der Waals surface area contributed by atoms with Crippen molar-refractivity contribution in [1.82, 2.24) is 9.80 Å². The number of β-amino-alcohol motifs (C(OH)–C–C–N with tert-alkyl or cyclic N) is 1. The van der Waals surface area contributed by atoms with Gasteiger partial charge in [-0.05, 0) is 50.5 Å². The van der Waals surface area contributed by atoms with E-state index in [1.165, 1.54) is 12.1 Å². The summed E-state index contributed by atoms with van der Waals surface area (Å²) in [6.45, 7) is 7.20. The van der Waals surface area contributed by atoms with Crippen molar-refractivity contribution in [3.05, 3.63) is 30.1 Å². The number of halogens is 1. The van der Waals surface area contributed by atoms with Crippen LogP contribution in [0.1, 0.15) is 26.2 Å². The number of aliphatic hydroxyl groups excluding tert-OH is 1. The molecular formula is C20H30FN3O2. The van der Waals surface area contributed by atoms with Crippen LogP contribution in [0.25, 0.3) is 0 Å². The number of rotatable bonds is 3. The van der Waals surface area contributed by atoms with Crippen molar-refractivity contribution in [2.45, 2.75) is 50.0 Å². The van der Waals surface area contributed by atoms with Gasteiger partial charge in [-0.1, -0.05) is 0 Å². The molecule has 6 heteroatoms. The first-order chi connectivity index (χ1) is 12.4. The first-order valence-corrected chi connectivity index (χ1v) is 9.81. The molecular weight excluding hydrogens is 333 g/mol. The van der Waals surface area contributed by atoms with Crippen molar-refractivity contribution in [1.29, 1.82) is 0 Å². The van der Waals surface area contributed by atoms with Crippen LogP contribution in [0.15, 0.2) is 24.3 Å². The van der Waals surface area contributed by atoms with Crippen LogP contribution in [0.5, 0.6) is 0 Å². The summed E-state index contributed by atoms with van der Waals surface area (Å²) in [6.07, 6.45) is 2.10. The summed E-state index contributed by atoms with van der Waals surface area (Å²) in [5.74, 6) is -0.215. The van der Waals surface area contributed by atoms with Crippen LogP contribution < -0.4 is 4.90 Å². The van der Waals surface area contributed by atoms with Gasteiger partial charge in [0, 0.05) is 57.0 Å². The van der Waals surface area contributed by atoms with Crippen molar-refractivity contribution in [3.8, 4) is 0 Å². The third-order valence-electron chi connectivity index (χ3n) is 6.46. The number of anilines is 1. The topological polar surface area (TPSA) is 50.2 Å². The normalized spacial score (nSPS) is 32.6. The molecule has 3 atom stereocenters. The SMILES string of the molecule is C[C@H]1CN2C[C@H](O)C[C@H]2CN1CC1(O)CCN(c2ccc(F)cc2)CC1. The molecule has 3 aliphatic heterocycles. The molecule has 5 nitrogen and oxygen atoms in total. The number of piperidine rings is 1. The van der Waals surface area contributed by atoms with Crippen LogP contribution in [0.4, 0.5) is 10.1 Å². The van der Waals surface area contributed by atoms with E-state index in [1.54, 1.807) is 0 Å². The molecule has 0 spiro atoms. The molecule has 1 aromatic carbocycles. The Balaban J connectivity index is 1.34. The average molecular weight is 363 g/mol. The molecule has 0 unspecified atom stereocenters. The first-order valence-electron chi connectivity index (χ1n) is 9.81. The van der Waals surface area contributed by atoms with E-state index in [0.717, 1.165) is 57.7 Å². The summed E-state index contributed by atoms with van der Waals surface area (Å²) in [5, 5.41) is 21.1. The quantitative estimate of drug-likeness (QED) is 0.848. The van der Waals surface area contributed by atoms with E-state index in [4.69, 9.17) is 0 Å². The van der Waals surface area contributed by atoms with E-state index in [9.17, 15) is 14.6 Å². The maximum absolute atomic E-state index is 13.1. The van der Waals surface area contributed by atoms with Gasteiger partial charge in [0.15, 0.2) is 0 Å². The number of piperazine rings is 1. The maximum Gasteiger partial charge on any atom is 0.123 e. The Bertz CT molecular complexity index is 618. The van der Waals surface area contributed by atoms with Crippen LogP contribution in [0, 0.1) is 5.82 Å². The van der Waals surface area contributed by atoms with Gasteiger partial charge >= 0.3 is 0 Å². The third kappa shape index (κ3) is 3.74. The highest BCUT2D eigenvalue weighted by atomic mass is 19.1. The Morgan fingerprint density at radius 3 is 2.50 bits per heavy atom. The number of fused-ring (bicyclic) bond motifs is 1. The Morgan fingerprint density at radius 2 is 1.81 bits per heavy atom. The Kier molecular flexibility index (Phi) is 4.94. The van der Waals surface area contributed by atoms with Crippen LogP contribution in [-0.2, 0) is 0 Å². The van der Waals surface area contributed by atoms with E-state index in [1.807, 2.05) is 12.1 Å². The number of benzene rings is 1. The number of nitrogens with zero attached hydrogens (tertiary/aromatic N) is 3. The molecule has 3 fully saturated rings. The monoisotopic (exact) mass is 363 g/mol. The van der Waals surface area contributed by atoms with E-state index in [0.29, 0.717) is 18.6 Å². The maximum atomic E-state index is 13.1. The summed E-state index contributed by atoms with van der Waals surface area (Å²) in [4.78, 5) is 7.03. The average Bonchev–Trinajstić information content (AvgIpc) is 2.95. The minimum absolute atomic E-state index is 0.200.